The van der Waals surface area contributed by atoms with Crippen LogP contribution in [0, 0.1) is 0 Å². The predicted molar refractivity (Wildman–Crippen MR) is 98.7 cm³/mol. The van der Waals surface area contributed by atoms with Gasteiger partial charge in [0.2, 0.25) is 6.29 Å². The van der Waals surface area contributed by atoms with Gasteiger partial charge in [-0.1, -0.05) is 0 Å². The lowest BCUT2D eigenvalue weighted by Gasteiger charge is -2.44. The van der Waals surface area contributed by atoms with Crippen molar-refractivity contribution in [2.75, 3.05) is 20.8 Å². The predicted octanol–water partition coefficient (Wildman–Crippen LogP) is -0.389. The van der Waals surface area contributed by atoms with Crippen molar-refractivity contribution in [2.45, 2.75) is 58.4 Å². The van der Waals surface area contributed by atoms with E-state index >= 15 is 0 Å². The van der Waals surface area contributed by atoms with Gasteiger partial charge in [-0.25, -0.2) is 4.57 Å². The van der Waals surface area contributed by atoms with Crippen LogP contribution in [0.5, 0.6) is 0 Å². The minimum absolute atomic E-state index is 0.112. The molecule has 1 unspecified atom stereocenters. The Morgan fingerprint density at radius 2 is 1.31 bits per heavy atom. The van der Waals surface area contributed by atoms with Gasteiger partial charge < -0.3 is 28.6 Å². The van der Waals surface area contributed by atoms with Crippen LogP contribution in [0.1, 0.15) is 27.7 Å². The molecule has 0 aromatic heterocycles. The molecule has 16 heteroatoms. The van der Waals surface area contributed by atoms with Crippen molar-refractivity contribution in [3.63, 3.8) is 0 Å². The van der Waals surface area contributed by atoms with Crippen LogP contribution < -0.4 is 0 Å². The number of nitrogens with zero attached hydrogens (tertiary/aromatic N) is 1. The van der Waals surface area contributed by atoms with E-state index < -0.39 is 68.9 Å². The first kappa shape index (κ1) is 27.9. The molecule has 1 heterocycles. The molecule has 1 aliphatic heterocycles. The Balaban J connectivity index is 3.44. The summed E-state index contributed by atoms with van der Waals surface area (Å²) in [5.41, 5.74) is 0. The maximum atomic E-state index is 12.5. The molecule has 0 aromatic carbocycles. The summed E-state index contributed by atoms with van der Waals surface area (Å²) in [6, 6.07) is 0. The highest BCUT2D eigenvalue weighted by atomic mass is 31.2. The van der Waals surface area contributed by atoms with Gasteiger partial charge in [0.25, 0.3) is 0 Å². The van der Waals surface area contributed by atoms with Crippen molar-refractivity contribution in [1.82, 2.24) is 5.00 Å². The molecular formula is C16H26NO14P. The van der Waals surface area contributed by atoms with Gasteiger partial charge in [-0.3, -0.25) is 33.4 Å². The van der Waals surface area contributed by atoms with Gasteiger partial charge >= 0.3 is 31.6 Å². The van der Waals surface area contributed by atoms with Crippen molar-refractivity contribution in [3.8, 4) is 0 Å². The second-order valence-electron chi connectivity index (χ2n) is 6.27. The number of esters is 4. The number of hydrogen-bond donors (Lipinski definition) is 1. The molecule has 0 spiro atoms. The minimum atomic E-state index is -4.91. The van der Waals surface area contributed by atoms with Gasteiger partial charge in [0.15, 0.2) is 18.3 Å². The highest BCUT2D eigenvalue weighted by Gasteiger charge is 2.55. The molecule has 1 N–H and O–H groups in total. The molecule has 6 atom stereocenters. The fourth-order valence-corrected chi connectivity index (χ4v) is 3.66. The zero-order valence-corrected chi connectivity index (χ0v) is 19.1. The minimum Gasteiger partial charge on any atom is -0.463 e. The molecule has 0 bridgehead atoms. The monoisotopic (exact) mass is 487 g/mol. The average molecular weight is 487 g/mol. The lowest BCUT2D eigenvalue weighted by molar-refractivity contribution is -0.313. The first-order chi connectivity index (χ1) is 14.8. The Bertz CT molecular complexity index is 740. The standard InChI is InChI=1S/C16H26NO14P/c1-8(18)26-7-12-13(27-9(2)19)14(28-10(3)20)15(29-11(4)21)16(30-12)31-32(22,23)17(24-5)25-6/h12-16H,7H2,1-6H3,(H,22,23)/t12-,13-,14+,15-,16+/m1/s1. The molecule has 15 nitrogen and oxygen atoms in total. The molecule has 32 heavy (non-hydrogen) atoms. The molecule has 0 amide bonds. The summed E-state index contributed by atoms with van der Waals surface area (Å²) >= 11 is 0. The summed E-state index contributed by atoms with van der Waals surface area (Å²) in [6.45, 7) is 3.64. The molecule has 0 radical (unpaired) electrons. The normalized spacial score (nSPS) is 27.2. The van der Waals surface area contributed by atoms with Crippen LogP contribution in [-0.4, -0.2) is 85.3 Å². The summed E-state index contributed by atoms with van der Waals surface area (Å²) < 4.78 is 43.4. The van der Waals surface area contributed by atoms with Gasteiger partial charge in [0, 0.05) is 32.7 Å². The Morgan fingerprint density at radius 3 is 1.75 bits per heavy atom. The van der Waals surface area contributed by atoms with E-state index in [9.17, 15) is 28.6 Å². The fraction of sp³-hybridized carbons (Fsp3) is 0.750. The third-order valence-corrected chi connectivity index (χ3v) is 4.93. The van der Waals surface area contributed by atoms with Crippen LogP contribution in [-0.2, 0) is 61.6 Å². The molecule has 0 aromatic rings. The van der Waals surface area contributed by atoms with E-state index in [0.717, 1.165) is 41.9 Å². The van der Waals surface area contributed by atoms with E-state index in [0.29, 0.717) is 0 Å². The quantitative estimate of drug-likeness (QED) is 0.182. The second kappa shape index (κ2) is 12.2. The molecule has 184 valence electrons. The smallest absolute Gasteiger partial charge is 0.455 e. The maximum Gasteiger partial charge on any atom is 0.455 e. The highest BCUT2D eigenvalue weighted by molar-refractivity contribution is 7.49. The Labute approximate surface area is 183 Å². The van der Waals surface area contributed by atoms with Gasteiger partial charge in [0.05, 0.1) is 14.2 Å². The summed E-state index contributed by atoms with van der Waals surface area (Å²) in [5.74, 6) is -3.34. The summed E-state index contributed by atoms with van der Waals surface area (Å²) in [7, 11) is -2.90. The third kappa shape index (κ3) is 8.09. The molecule has 1 fully saturated rings. The van der Waals surface area contributed by atoms with E-state index in [1.54, 1.807) is 0 Å². The number of ether oxygens (including phenoxy) is 5. The zero-order valence-electron chi connectivity index (χ0n) is 18.2. The van der Waals surface area contributed by atoms with E-state index in [1.165, 1.54) is 0 Å². The summed E-state index contributed by atoms with van der Waals surface area (Å²) in [6.07, 6.45) is -7.95. The number of carbonyl (C=O) groups is 4. The number of hydrogen-bond acceptors (Lipinski definition) is 13. The Hall–Kier alpha value is -2.13. The second-order valence-corrected chi connectivity index (χ2v) is 7.79. The van der Waals surface area contributed by atoms with Gasteiger partial charge in [-0.05, 0) is 0 Å². The summed E-state index contributed by atoms with van der Waals surface area (Å²) in [5, 5.41) is 0. The van der Waals surface area contributed by atoms with Gasteiger partial charge in [-0.2, -0.15) is 0 Å². The SMILES string of the molecule is CON(OC)P(=O)(O)O[C@@H]1O[C@H](COC(C)=O)[C@@H](OC(C)=O)[C@H](OC(C)=O)[C@H]1OC(C)=O. The van der Waals surface area contributed by atoms with Crippen molar-refractivity contribution in [1.29, 1.82) is 0 Å². The summed E-state index contributed by atoms with van der Waals surface area (Å²) in [4.78, 5) is 65.8. The van der Waals surface area contributed by atoms with E-state index in [-0.39, 0.29) is 5.00 Å². The maximum absolute atomic E-state index is 12.5. The van der Waals surface area contributed by atoms with Crippen LogP contribution in [0.2, 0.25) is 0 Å². The molecule has 0 aliphatic carbocycles. The molecule has 0 saturated carbocycles. The average Bonchev–Trinajstić information content (AvgIpc) is 2.64. The van der Waals surface area contributed by atoms with E-state index in [4.69, 9.17) is 28.2 Å². The molecular weight excluding hydrogens is 461 g/mol. The van der Waals surface area contributed by atoms with Crippen LogP contribution in [0.4, 0.5) is 0 Å². The van der Waals surface area contributed by atoms with Gasteiger partial charge in [0.1, 0.15) is 12.7 Å². The van der Waals surface area contributed by atoms with Crippen LogP contribution in [0.15, 0.2) is 0 Å². The van der Waals surface area contributed by atoms with Crippen molar-refractivity contribution in [2.24, 2.45) is 0 Å². The first-order valence-corrected chi connectivity index (χ1v) is 10.6. The first-order valence-electron chi connectivity index (χ1n) is 9.02. The van der Waals surface area contributed by atoms with E-state index in [1.807, 2.05) is 0 Å². The zero-order chi connectivity index (χ0) is 24.6. The van der Waals surface area contributed by atoms with Crippen molar-refractivity contribution < 1.29 is 66.5 Å². The van der Waals surface area contributed by atoms with E-state index in [2.05, 4.69) is 9.68 Å². The van der Waals surface area contributed by atoms with Crippen molar-refractivity contribution >= 4 is 31.6 Å². The number of rotatable bonds is 10. The van der Waals surface area contributed by atoms with Crippen LogP contribution in [0.3, 0.4) is 0 Å². The van der Waals surface area contributed by atoms with Crippen LogP contribution in [0.25, 0.3) is 0 Å². The highest BCUT2D eigenvalue weighted by Crippen LogP contribution is 2.49. The fourth-order valence-electron chi connectivity index (χ4n) is 2.73. The molecule has 1 rings (SSSR count). The van der Waals surface area contributed by atoms with Gasteiger partial charge in [-0.15, -0.1) is 0 Å². The topological polar surface area (TPSA) is 183 Å². The lowest BCUT2D eigenvalue weighted by atomic mass is 9.98. The van der Waals surface area contributed by atoms with Crippen LogP contribution >= 0.6 is 7.75 Å². The third-order valence-electron chi connectivity index (χ3n) is 3.71. The van der Waals surface area contributed by atoms with Crippen molar-refractivity contribution in [3.05, 3.63) is 0 Å². The lowest BCUT2D eigenvalue weighted by Crippen LogP contribution is -2.62. The Kier molecular flexibility index (Phi) is 10.6. The molecule has 1 aliphatic rings. The largest absolute Gasteiger partial charge is 0.463 e. The number of carbonyl (C=O) groups excluding carboxylic acids is 4. The Morgan fingerprint density at radius 1 is 0.844 bits per heavy atom. The molecule has 1 saturated heterocycles.